The standard InChI is InChI=1S/C31H20N4S2/c1-19-10-20(22-13-24(17-32-15-22)30-34-26-6-2-4-8-28(26)36-30)12-21(11-19)23-14-25(18-33-16-23)31-35-27-7-3-5-9-29(27)37-31/h2-18H,1H3. The smallest absolute Gasteiger partial charge is 0.126 e. The van der Waals surface area contributed by atoms with Crippen molar-refractivity contribution in [3.63, 3.8) is 0 Å². The highest BCUT2D eigenvalue weighted by Crippen LogP contribution is 2.35. The van der Waals surface area contributed by atoms with Crippen LogP contribution >= 0.6 is 22.7 Å². The lowest BCUT2D eigenvalue weighted by Gasteiger charge is -2.10. The molecule has 6 heteroatoms. The Bertz CT molecular complexity index is 1720. The Kier molecular flexibility index (Phi) is 5.34. The number of para-hydroxylation sites is 2. The molecule has 0 radical (unpaired) electrons. The molecule has 0 aliphatic heterocycles. The fraction of sp³-hybridized carbons (Fsp3) is 0.0323. The maximum absolute atomic E-state index is 4.82. The molecule has 3 aromatic carbocycles. The minimum Gasteiger partial charge on any atom is -0.263 e. The maximum atomic E-state index is 4.82. The zero-order chi connectivity index (χ0) is 24.8. The van der Waals surface area contributed by atoms with Crippen LogP contribution in [-0.4, -0.2) is 19.9 Å². The lowest BCUT2D eigenvalue weighted by molar-refractivity contribution is 1.31. The summed E-state index contributed by atoms with van der Waals surface area (Å²) in [6, 6.07) is 27.4. The van der Waals surface area contributed by atoms with Gasteiger partial charge in [0.2, 0.25) is 0 Å². The number of pyridine rings is 2. The van der Waals surface area contributed by atoms with E-state index < -0.39 is 0 Å². The molecule has 4 aromatic heterocycles. The van der Waals surface area contributed by atoms with E-state index >= 15 is 0 Å². The van der Waals surface area contributed by atoms with Crippen LogP contribution in [-0.2, 0) is 0 Å². The number of hydrogen-bond donors (Lipinski definition) is 0. The van der Waals surface area contributed by atoms with Crippen LogP contribution in [0, 0.1) is 6.92 Å². The molecule has 0 spiro atoms. The molecule has 0 saturated carbocycles. The van der Waals surface area contributed by atoms with E-state index in [-0.39, 0.29) is 0 Å². The third kappa shape index (κ3) is 4.20. The van der Waals surface area contributed by atoms with Crippen LogP contribution in [0.5, 0.6) is 0 Å². The van der Waals surface area contributed by atoms with Crippen LogP contribution < -0.4 is 0 Å². The second-order valence-corrected chi connectivity index (χ2v) is 11.0. The molecule has 4 heterocycles. The number of hydrogen-bond acceptors (Lipinski definition) is 6. The molecular weight excluding hydrogens is 493 g/mol. The number of thiazole rings is 2. The van der Waals surface area contributed by atoms with E-state index in [4.69, 9.17) is 9.97 Å². The molecule has 0 bridgehead atoms. The molecule has 0 unspecified atom stereocenters. The monoisotopic (exact) mass is 512 g/mol. The normalized spacial score (nSPS) is 11.4. The van der Waals surface area contributed by atoms with Gasteiger partial charge in [-0.3, -0.25) is 9.97 Å². The second kappa shape index (κ2) is 9.00. The minimum atomic E-state index is 0.983. The van der Waals surface area contributed by atoms with Crippen molar-refractivity contribution < 1.29 is 0 Å². The van der Waals surface area contributed by atoms with Crippen LogP contribution in [0.4, 0.5) is 0 Å². The number of aryl methyl sites for hydroxylation is 1. The van der Waals surface area contributed by atoms with Gasteiger partial charge < -0.3 is 0 Å². The number of benzene rings is 3. The first-order valence-electron chi connectivity index (χ1n) is 11.9. The third-order valence-corrected chi connectivity index (χ3v) is 8.47. The molecule has 176 valence electrons. The topological polar surface area (TPSA) is 51.6 Å². The molecule has 0 aliphatic rings. The first-order chi connectivity index (χ1) is 18.2. The van der Waals surface area contributed by atoms with E-state index in [2.05, 4.69) is 71.5 Å². The predicted octanol–water partition coefficient (Wildman–Crippen LogP) is 8.67. The molecule has 4 nitrogen and oxygen atoms in total. The molecule has 37 heavy (non-hydrogen) atoms. The van der Waals surface area contributed by atoms with Crippen molar-refractivity contribution in [2.45, 2.75) is 6.92 Å². The van der Waals surface area contributed by atoms with Crippen molar-refractivity contribution in [2.75, 3.05) is 0 Å². The summed E-state index contributed by atoms with van der Waals surface area (Å²) in [4.78, 5) is 18.8. The van der Waals surface area contributed by atoms with Gasteiger partial charge in [0.05, 0.1) is 20.4 Å². The summed E-state index contributed by atoms with van der Waals surface area (Å²) in [5, 5.41) is 1.97. The quantitative estimate of drug-likeness (QED) is 0.237. The van der Waals surface area contributed by atoms with E-state index in [1.165, 1.54) is 15.0 Å². The zero-order valence-corrected chi connectivity index (χ0v) is 21.6. The summed E-state index contributed by atoms with van der Waals surface area (Å²) in [5.74, 6) is 0. The fourth-order valence-electron chi connectivity index (χ4n) is 4.54. The van der Waals surface area contributed by atoms with E-state index in [0.29, 0.717) is 0 Å². The Morgan fingerprint density at radius 1 is 0.486 bits per heavy atom. The molecule has 0 aliphatic carbocycles. The van der Waals surface area contributed by atoms with Crippen molar-refractivity contribution in [1.82, 2.24) is 19.9 Å². The number of aromatic nitrogens is 4. The maximum Gasteiger partial charge on any atom is 0.126 e. The number of rotatable bonds is 4. The van der Waals surface area contributed by atoms with Crippen LogP contribution in [0.2, 0.25) is 0 Å². The van der Waals surface area contributed by atoms with Crippen LogP contribution in [0.3, 0.4) is 0 Å². The Morgan fingerprint density at radius 2 is 0.919 bits per heavy atom. The average molecular weight is 513 g/mol. The van der Waals surface area contributed by atoms with Gasteiger partial charge in [-0.1, -0.05) is 36.4 Å². The van der Waals surface area contributed by atoms with Crippen LogP contribution in [0.15, 0.2) is 104 Å². The van der Waals surface area contributed by atoms with Crippen molar-refractivity contribution in [2.24, 2.45) is 0 Å². The Balaban J connectivity index is 1.27. The van der Waals surface area contributed by atoms with E-state index in [1.54, 1.807) is 22.7 Å². The van der Waals surface area contributed by atoms with Gasteiger partial charge in [-0.05, 0) is 66.1 Å². The summed E-state index contributed by atoms with van der Waals surface area (Å²) in [6.07, 6.45) is 7.63. The minimum absolute atomic E-state index is 0.983. The molecule has 0 fully saturated rings. The molecule has 0 saturated heterocycles. The zero-order valence-electron chi connectivity index (χ0n) is 19.9. The first kappa shape index (κ1) is 22.0. The first-order valence-corrected chi connectivity index (χ1v) is 13.6. The molecule has 0 amide bonds. The van der Waals surface area contributed by atoms with Crippen LogP contribution in [0.1, 0.15) is 5.56 Å². The number of nitrogens with zero attached hydrogens (tertiary/aromatic N) is 4. The second-order valence-electron chi connectivity index (χ2n) is 8.99. The van der Waals surface area contributed by atoms with Gasteiger partial charge in [-0.15, -0.1) is 22.7 Å². The van der Waals surface area contributed by atoms with Gasteiger partial charge in [0.25, 0.3) is 0 Å². The summed E-state index contributed by atoms with van der Waals surface area (Å²) >= 11 is 3.39. The van der Waals surface area contributed by atoms with Gasteiger partial charge in [0.15, 0.2) is 0 Å². The van der Waals surface area contributed by atoms with E-state index in [0.717, 1.165) is 54.4 Å². The van der Waals surface area contributed by atoms with Gasteiger partial charge in [-0.2, -0.15) is 0 Å². The van der Waals surface area contributed by atoms with Crippen LogP contribution in [0.25, 0.3) is 63.8 Å². The Labute approximate surface area is 222 Å². The Hall–Kier alpha value is -4.26. The fourth-order valence-corrected chi connectivity index (χ4v) is 6.43. The van der Waals surface area contributed by atoms with Crippen molar-refractivity contribution >= 4 is 43.1 Å². The highest BCUT2D eigenvalue weighted by atomic mass is 32.1. The lowest BCUT2D eigenvalue weighted by atomic mass is 9.97. The Morgan fingerprint density at radius 3 is 1.41 bits per heavy atom. The van der Waals surface area contributed by atoms with Gasteiger partial charge >= 0.3 is 0 Å². The van der Waals surface area contributed by atoms with Crippen molar-refractivity contribution in [3.05, 3.63) is 109 Å². The molecule has 7 rings (SSSR count). The van der Waals surface area contributed by atoms with Gasteiger partial charge in [-0.25, -0.2) is 9.97 Å². The predicted molar refractivity (Wildman–Crippen MR) is 155 cm³/mol. The summed E-state index contributed by atoms with van der Waals surface area (Å²) in [7, 11) is 0. The van der Waals surface area contributed by atoms with Gasteiger partial charge in [0.1, 0.15) is 10.0 Å². The van der Waals surface area contributed by atoms with E-state index in [9.17, 15) is 0 Å². The molecule has 0 N–H and O–H groups in total. The highest BCUT2D eigenvalue weighted by Gasteiger charge is 2.12. The third-order valence-electron chi connectivity index (χ3n) is 6.30. The summed E-state index contributed by atoms with van der Waals surface area (Å²) in [5.41, 5.74) is 9.66. The lowest BCUT2D eigenvalue weighted by Crippen LogP contribution is -1.88. The summed E-state index contributed by atoms with van der Waals surface area (Å²) < 4.78 is 2.36. The SMILES string of the molecule is Cc1cc(-c2cncc(-c3nc4ccccc4s3)c2)cc(-c2cncc(-c3nc4ccccc4s3)c2)c1. The molecular formula is C31H20N4S2. The van der Waals surface area contributed by atoms with Crippen molar-refractivity contribution in [1.29, 1.82) is 0 Å². The van der Waals surface area contributed by atoms with Crippen molar-refractivity contribution in [3.8, 4) is 43.4 Å². The molecule has 7 aromatic rings. The highest BCUT2D eigenvalue weighted by molar-refractivity contribution is 7.22. The van der Waals surface area contributed by atoms with Gasteiger partial charge in [0, 0.05) is 47.0 Å². The number of fused-ring (bicyclic) bond motifs is 2. The molecule has 0 atom stereocenters. The average Bonchev–Trinajstić information content (AvgIpc) is 3.58. The largest absolute Gasteiger partial charge is 0.263 e. The summed E-state index contributed by atoms with van der Waals surface area (Å²) in [6.45, 7) is 2.13. The van der Waals surface area contributed by atoms with E-state index in [1.807, 2.05) is 49.1 Å².